The summed E-state index contributed by atoms with van der Waals surface area (Å²) in [6.07, 6.45) is 2.02. The third kappa shape index (κ3) is 8.31. The van der Waals surface area contributed by atoms with Crippen LogP contribution in [0.1, 0.15) is 24.5 Å². The van der Waals surface area contributed by atoms with E-state index in [-0.39, 0.29) is 29.6 Å². The lowest BCUT2D eigenvalue weighted by Gasteiger charge is -2.33. The number of carbonyl (C=O) groups excluding carboxylic acids is 2. The van der Waals surface area contributed by atoms with Crippen molar-refractivity contribution >= 4 is 55.1 Å². The fourth-order valence-electron chi connectivity index (χ4n) is 4.00. The molecule has 38 heavy (non-hydrogen) atoms. The number of sulfonamides is 1. The average molecular weight is 621 g/mol. The summed E-state index contributed by atoms with van der Waals surface area (Å²) in [6, 6.07) is 22.4. The van der Waals surface area contributed by atoms with Crippen molar-refractivity contribution in [2.24, 2.45) is 0 Å². The minimum atomic E-state index is -3.87. The molecule has 0 radical (unpaired) electrons. The smallest absolute Gasteiger partial charge is 0.244 e. The normalized spacial score (nSPS) is 12.0. The van der Waals surface area contributed by atoms with Gasteiger partial charge in [-0.05, 0) is 41.8 Å². The molecule has 1 N–H and O–H groups in total. The number of rotatable bonds is 12. The van der Waals surface area contributed by atoms with E-state index >= 15 is 0 Å². The predicted octanol–water partition coefficient (Wildman–Crippen LogP) is 5.03. The van der Waals surface area contributed by atoms with Gasteiger partial charge in [-0.3, -0.25) is 13.9 Å². The summed E-state index contributed by atoms with van der Waals surface area (Å²) in [6.45, 7) is 2.00. The first kappa shape index (κ1) is 29.7. The average Bonchev–Trinajstić information content (AvgIpc) is 2.88. The van der Waals surface area contributed by atoms with Crippen molar-refractivity contribution < 1.29 is 18.0 Å². The Hall–Kier alpha value is -2.88. The van der Waals surface area contributed by atoms with Crippen molar-refractivity contribution in [3.8, 4) is 0 Å². The van der Waals surface area contributed by atoms with Crippen molar-refractivity contribution in [3.05, 3.63) is 99.5 Å². The predicted molar refractivity (Wildman–Crippen MR) is 156 cm³/mol. The molecule has 1 atom stereocenters. The monoisotopic (exact) mass is 619 g/mol. The Morgan fingerprint density at radius 1 is 0.974 bits per heavy atom. The molecule has 0 aliphatic heterocycles. The number of hydrogen-bond acceptors (Lipinski definition) is 4. The third-order valence-corrected chi connectivity index (χ3v) is 7.80. The van der Waals surface area contributed by atoms with Crippen LogP contribution < -0.4 is 9.62 Å². The van der Waals surface area contributed by atoms with Gasteiger partial charge in [0, 0.05) is 24.0 Å². The van der Waals surface area contributed by atoms with Gasteiger partial charge in [-0.2, -0.15) is 0 Å². The zero-order valence-electron chi connectivity index (χ0n) is 21.3. The number of nitrogens with zero attached hydrogens (tertiary/aromatic N) is 2. The van der Waals surface area contributed by atoms with Gasteiger partial charge in [0.15, 0.2) is 0 Å². The van der Waals surface area contributed by atoms with Gasteiger partial charge in [0.05, 0.1) is 17.0 Å². The van der Waals surface area contributed by atoms with Gasteiger partial charge < -0.3 is 10.2 Å². The van der Waals surface area contributed by atoms with Crippen molar-refractivity contribution in [3.63, 3.8) is 0 Å². The van der Waals surface area contributed by atoms with Crippen molar-refractivity contribution in [1.82, 2.24) is 10.2 Å². The van der Waals surface area contributed by atoms with Crippen molar-refractivity contribution in [2.75, 3.05) is 23.7 Å². The summed E-state index contributed by atoms with van der Waals surface area (Å²) in [7, 11) is -3.87. The second-order valence-corrected chi connectivity index (χ2v) is 12.1. The molecule has 0 saturated carbocycles. The minimum absolute atomic E-state index is 0.107. The number of anilines is 1. The molecule has 0 heterocycles. The fraction of sp³-hybridized carbons (Fsp3) is 0.286. The SMILES string of the molecule is CCCNC(=O)[C@H](Cc1ccccc1)N(Cc1cccc(Br)c1)C(=O)CN(c1ccccc1Cl)S(C)(=O)=O. The molecule has 0 aliphatic rings. The minimum Gasteiger partial charge on any atom is -0.354 e. The van der Waals surface area contributed by atoms with E-state index in [0.717, 1.165) is 32.6 Å². The van der Waals surface area contributed by atoms with Crippen LogP contribution in [0.15, 0.2) is 83.3 Å². The molecule has 2 amide bonds. The molecule has 0 fully saturated rings. The van der Waals surface area contributed by atoms with E-state index in [9.17, 15) is 18.0 Å². The second kappa shape index (κ2) is 13.8. The van der Waals surface area contributed by atoms with Gasteiger partial charge in [0.2, 0.25) is 21.8 Å². The molecule has 0 bridgehead atoms. The molecule has 0 spiro atoms. The highest BCUT2D eigenvalue weighted by molar-refractivity contribution is 9.10. The summed E-state index contributed by atoms with van der Waals surface area (Å²) in [5.74, 6) is -0.828. The molecule has 3 aromatic rings. The zero-order valence-corrected chi connectivity index (χ0v) is 24.5. The van der Waals surface area contributed by atoms with E-state index in [1.54, 1.807) is 24.3 Å². The Kier molecular flexibility index (Phi) is 10.8. The molecule has 0 unspecified atom stereocenters. The summed E-state index contributed by atoms with van der Waals surface area (Å²) >= 11 is 9.78. The summed E-state index contributed by atoms with van der Waals surface area (Å²) in [5, 5.41) is 3.11. The highest BCUT2D eigenvalue weighted by atomic mass is 79.9. The number of amides is 2. The maximum absolute atomic E-state index is 14.0. The van der Waals surface area contributed by atoms with E-state index < -0.39 is 28.5 Å². The Morgan fingerprint density at radius 3 is 2.26 bits per heavy atom. The van der Waals surface area contributed by atoms with Crippen LogP contribution in [0.4, 0.5) is 5.69 Å². The number of para-hydroxylation sites is 1. The third-order valence-electron chi connectivity index (χ3n) is 5.86. The van der Waals surface area contributed by atoms with E-state index in [4.69, 9.17) is 11.6 Å². The van der Waals surface area contributed by atoms with Gasteiger partial charge in [-0.15, -0.1) is 0 Å². The lowest BCUT2D eigenvalue weighted by molar-refractivity contribution is -0.140. The van der Waals surface area contributed by atoms with E-state index in [0.29, 0.717) is 6.54 Å². The lowest BCUT2D eigenvalue weighted by atomic mass is 10.0. The first-order valence-corrected chi connectivity index (χ1v) is 15.2. The van der Waals surface area contributed by atoms with Crippen LogP contribution in [-0.2, 0) is 32.6 Å². The number of halogens is 2. The largest absolute Gasteiger partial charge is 0.354 e. The Balaban J connectivity index is 2.05. The summed E-state index contributed by atoms with van der Waals surface area (Å²) < 4.78 is 27.4. The lowest BCUT2D eigenvalue weighted by Crippen LogP contribution is -2.53. The van der Waals surface area contributed by atoms with Crippen LogP contribution in [0.5, 0.6) is 0 Å². The molecule has 0 saturated heterocycles. The molecule has 0 aromatic heterocycles. The molecular weight excluding hydrogens is 590 g/mol. The Bertz CT molecular complexity index is 1350. The molecule has 3 rings (SSSR count). The number of carbonyl (C=O) groups is 2. The fourth-order valence-corrected chi connectivity index (χ4v) is 5.60. The standard InChI is InChI=1S/C28H31BrClN3O4S/c1-3-16-31-28(35)26(18-21-10-5-4-6-11-21)32(19-22-12-9-13-23(29)17-22)27(34)20-33(38(2,36)37)25-15-8-7-14-24(25)30/h4-15,17,26H,3,16,18-20H2,1-2H3,(H,31,35)/t26-/m0/s1. The zero-order chi connectivity index (χ0) is 27.7. The number of benzene rings is 3. The summed E-state index contributed by atoms with van der Waals surface area (Å²) in [4.78, 5) is 28.9. The van der Waals surface area contributed by atoms with Crippen molar-refractivity contribution in [2.45, 2.75) is 32.4 Å². The first-order valence-electron chi connectivity index (χ1n) is 12.2. The van der Waals surface area contributed by atoms with Gasteiger partial charge in [-0.25, -0.2) is 8.42 Å². The van der Waals surface area contributed by atoms with Crippen LogP contribution in [0.25, 0.3) is 0 Å². The molecule has 202 valence electrons. The van der Waals surface area contributed by atoms with E-state index in [1.807, 2.05) is 61.5 Å². The second-order valence-electron chi connectivity index (χ2n) is 8.87. The maximum Gasteiger partial charge on any atom is 0.244 e. The highest BCUT2D eigenvalue weighted by Gasteiger charge is 2.33. The topological polar surface area (TPSA) is 86.8 Å². The molecule has 7 nitrogen and oxygen atoms in total. The molecule has 10 heteroatoms. The number of nitrogens with one attached hydrogen (secondary N) is 1. The van der Waals surface area contributed by atoms with Crippen LogP contribution >= 0.6 is 27.5 Å². The maximum atomic E-state index is 14.0. The Morgan fingerprint density at radius 2 is 1.63 bits per heavy atom. The van der Waals surface area contributed by atoms with Crippen LogP contribution in [-0.4, -0.2) is 50.5 Å². The first-order chi connectivity index (χ1) is 18.1. The molecule has 0 aliphatic carbocycles. The van der Waals surface area contributed by atoms with Crippen LogP contribution in [0.2, 0.25) is 5.02 Å². The van der Waals surface area contributed by atoms with Crippen molar-refractivity contribution in [1.29, 1.82) is 0 Å². The van der Waals surface area contributed by atoms with Gasteiger partial charge in [0.1, 0.15) is 12.6 Å². The Labute approximate surface area is 238 Å². The summed E-state index contributed by atoms with van der Waals surface area (Å²) in [5.41, 5.74) is 1.86. The highest BCUT2D eigenvalue weighted by Crippen LogP contribution is 2.28. The quantitative estimate of drug-likeness (QED) is 0.308. The van der Waals surface area contributed by atoms with Crippen LogP contribution in [0, 0.1) is 0 Å². The van der Waals surface area contributed by atoms with E-state index in [1.165, 1.54) is 4.90 Å². The van der Waals surface area contributed by atoms with Gasteiger partial charge in [-0.1, -0.05) is 89.1 Å². The number of hydrogen-bond donors (Lipinski definition) is 1. The van der Waals surface area contributed by atoms with Gasteiger partial charge in [0.25, 0.3) is 0 Å². The van der Waals surface area contributed by atoms with E-state index in [2.05, 4.69) is 21.2 Å². The van der Waals surface area contributed by atoms with Gasteiger partial charge >= 0.3 is 0 Å². The molecule has 3 aromatic carbocycles. The van der Waals surface area contributed by atoms with Crippen LogP contribution in [0.3, 0.4) is 0 Å². The molecular formula is C28H31BrClN3O4S.